The van der Waals surface area contributed by atoms with Crippen LogP contribution in [0.4, 0.5) is 0 Å². The molecular formula is C40H81NO4. The van der Waals surface area contributed by atoms with Crippen LogP contribution in [0.5, 0.6) is 0 Å². The predicted molar refractivity (Wildman–Crippen MR) is 195 cm³/mol. The summed E-state index contributed by atoms with van der Waals surface area (Å²) in [5.41, 5.74) is 0. The minimum absolute atomic E-state index is 0.0425. The minimum atomic E-state index is -0.742. The van der Waals surface area contributed by atoms with Crippen molar-refractivity contribution >= 4 is 5.91 Å². The fourth-order valence-corrected chi connectivity index (χ4v) is 6.52. The highest BCUT2D eigenvalue weighted by molar-refractivity contribution is 5.76. The van der Waals surface area contributed by atoms with Crippen molar-refractivity contribution in [2.75, 3.05) is 6.61 Å². The average Bonchev–Trinajstić information content (AvgIpc) is 3.03. The zero-order valence-corrected chi connectivity index (χ0v) is 30.5. The molecule has 0 aliphatic carbocycles. The van der Waals surface area contributed by atoms with Crippen LogP contribution < -0.4 is 5.32 Å². The molecule has 0 bridgehead atoms. The first kappa shape index (κ1) is 44.4. The van der Waals surface area contributed by atoms with Crippen molar-refractivity contribution in [1.29, 1.82) is 0 Å². The van der Waals surface area contributed by atoms with Gasteiger partial charge in [0.15, 0.2) is 0 Å². The lowest BCUT2D eigenvalue weighted by Gasteiger charge is -2.23. The molecule has 0 aliphatic rings. The summed E-state index contributed by atoms with van der Waals surface area (Å²) in [6, 6.07) is -0.651. The van der Waals surface area contributed by atoms with Crippen molar-refractivity contribution in [1.82, 2.24) is 5.32 Å². The molecule has 5 heteroatoms. The van der Waals surface area contributed by atoms with Gasteiger partial charge in [-0.05, 0) is 12.8 Å². The highest BCUT2D eigenvalue weighted by Gasteiger charge is 2.21. The molecule has 0 rings (SSSR count). The SMILES string of the molecule is CCCCCCCCCCCCCCCCCCCC(O)CC(=O)NC(CO)C(O)CCCCCCCCCCCCCCC. The number of rotatable bonds is 37. The van der Waals surface area contributed by atoms with E-state index in [0.717, 1.165) is 25.7 Å². The summed E-state index contributed by atoms with van der Waals surface area (Å²) in [5, 5.41) is 33.3. The summed E-state index contributed by atoms with van der Waals surface area (Å²) < 4.78 is 0. The molecule has 3 unspecified atom stereocenters. The molecule has 3 atom stereocenters. The van der Waals surface area contributed by atoms with Gasteiger partial charge in [0.25, 0.3) is 0 Å². The molecule has 0 fully saturated rings. The average molecular weight is 640 g/mol. The number of aliphatic hydroxyl groups excluding tert-OH is 3. The summed E-state index contributed by atoms with van der Waals surface area (Å²) in [6.45, 7) is 4.27. The van der Waals surface area contributed by atoms with Crippen molar-refractivity contribution in [3.05, 3.63) is 0 Å². The third-order valence-electron chi connectivity index (χ3n) is 9.67. The van der Waals surface area contributed by atoms with Crippen LogP contribution in [0.1, 0.15) is 226 Å². The first-order valence-corrected chi connectivity index (χ1v) is 20.3. The van der Waals surface area contributed by atoms with Crippen LogP contribution in [0, 0.1) is 0 Å². The fraction of sp³-hybridized carbons (Fsp3) is 0.975. The van der Waals surface area contributed by atoms with E-state index in [1.165, 1.54) is 167 Å². The van der Waals surface area contributed by atoms with Gasteiger partial charge in [0.05, 0.1) is 31.3 Å². The van der Waals surface area contributed by atoms with E-state index in [-0.39, 0.29) is 18.9 Å². The van der Waals surface area contributed by atoms with E-state index in [1.807, 2.05) is 0 Å². The summed E-state index contributed by atoms with van der Waals surface area (Å²) in [5.74, 6) is -0.280. The molecule has 0 saturated heterocycles. The van der Waals surface area contributed by atoms with E-state index in [0.29, 0.717) is 12.8 Å². The third kappa shape index (κ3) is 33.1. The first-order chi connectivity index (χ1) is 22.0. The highest BCUT2D eigenvalue weighted by Crippen LogP contribution is 2.16. The number of unbranched alkanes of at least 4 members (excludes halogenated alkanes) is 28. The Hall–Kier alpha value is -0.650. The molecule has 45 heavy (non-hydrogen) atoms. The number of carbonyl (C=O) groups excluding carboxylic acids is 1. The van der Waals surface area contributed by atoms with Crippen LogP contribution in [0.15, 0.2) is 0 Å². The number of nitrogens with one attached hydrogen (secondary N) is 1. The maximum atomic E-state index is 12.4. The van der Waals surface area contributed by atoms with Crippen molar-refractivity contribution in [3.63, 3.8) is 0 Å². The molecular weight excluding hydrogens is 558 g/mol. The molecule has 0 saturated carbocycles. The predicted octanol–water partition coefficient (Wildman–Crippen LogP) is 11.1. The Morgan fingerprint density at radius 2 is 0.756 bits per heavy atom. The fourth-order valence-electron chi connectivity index (χ4n) is 6.52. The lowest BCUT2D eigenvalue weighted by molar-refractivity contribution is -0.125. The summed E-state index contributed by atoms with van der Waals surface area (Å²) in [6.07, 6.45) is 39.1. The molecule has 270 valence electrons. The van der Waals surface area contributed by atoms with Crippen molar-refractivity contribution in [3.8, 4) is 0 Å². The molecule has 5 nitrogen and oxygen atoms in total. The van der Waals surface area contributed by atoms with Gasteiger partial charge in [-0.25, -0.2) is 0 Å². The van der Waals surface area contributed by atoms with Crippen LogP contribution in [-0.4, -0.2) is 46.1 Å². The van der Waals surface area contributed by atoms with Gasteiger partial charge < -0.3 is 20.6 Å². The molecule has 0 aromatic heterocycles. The van der Waals surface area contributed by atoms with Crippen molar-refractivity contribution in [2.45, 2.75) is 244 Å². The first-order valence-electron chi connectivity index (χ1n) is 20.3. The number of hydrogen-bond acceptors (Lipinski definition) is 4. The molecule has 4 N–H and O–H groups in total. The zero-order chi connectivity index (χ0) is 33.1. The van der Waals surface area contributed by atoms with Crippen LogP contribution >= 0.6 is 0 Å². The van der Waals surface area contributed by atoms with E-state index in [4.69, 9.17) is 0 Å². The Bertz CT molecular complexity index is 587. The highest BCUT2D eigenvalue weighted by atomic mass is 16.3. The Balaban J connectivity index is 3.60. The molecule has 0 aromatic rings. The topological polar surface area (TPSA) is 89.8 Å². The van der Waals surface area contributed by atoms with Gasteiger partial charge in [-0.15, -0.1) is 0 Å². The third-order valence-corrected chi connectivity index (χ3v) is 9.67. The number of aliphatic hydroxyl groups is 3. The van der Waals surface area contributed by atoms with Crippen LogP contribution in [0.3, 0.4) is 0 Å². The van der Waals surface area contributed by atoms with Gasteiger partial charge in [-0.3, -0.25) is 4.79 Å². The van der Waals surface area contributed by atoms with E-state index in [9.17, 15) is 20.1 Å². The second-order valence-corrected chi connectivity index (χ2v) is 14.3. The molecule has 1 amide bonds. The standard InChI is InChI=1S/C40H81NO4/c1-3-5-7-9-11-13-15-17-18-19-20-22-23-25-27-29-31-33-37(43)35-40(45)41-38(36-42)39(44)34-32-30-28-26-24-21-16-14-12-10-8-6-4-2/h37-39,42-44H,3-36H2,1-2H3,(H,41,45). The Morgan fingerprint density at radius 3 is 1.07 bits per heavy atom. The van der Waals surface area contributed by atoms with Crippen LogP contribution in [-0.2, 0) is 4.79 Å². The second kappa shape index (κ2) is 36.2. The molecule has 0 aliphatic heterocycles. The van der Waals surface area contributed by atoms with Gasteiger partial charge in [0, 0.05) is 0 Å². The van der Waals surface area contributed by atoms with Crippen molar-refractivity contribution in [2.24, 2.45) is 0 Å². The van der Waals surface area contributed by atoms with Crippen LogP contribution in [0.25, 0.3) is 0 Å². The van der Waals surface area contributed by atoms with Gasteiger partial charge >= 0.3 is 0 Å². The Kier molecular flexibility index (Phi) is 35.7. The normalized spacial score (nSPS) is 13.6. The smallest absolute Gasteiger partial charge is 0.222 e. The Labute approximate surface area is 281 Å². The Morgan fingerprint density at radius 1 is 0.467 bits per heavy atom. The summed E-state index contributed by atoms with van der Waals surface area (Å²) in [7, 11) is 0. The largest absolute Gasteiger partial charge is 0.394 e. The zero-order valence-electron chi connectivity index (χ0n) is 30.5. The quantitative estimate of drug-likeness (QED) is 0.0509. The molecule has 0 aromatic carbocycles. The van der Waals surface area contributed by atoms with E-state index < -0.39 is 18.2 Å². The van der Waals surface area contributed by atoms with Crippen molar-refractivity contribution < 1.29 is 20.1 Å². The monoisotopic (exact) mass is 640 g/mol. The second-order valence-electron chi connectivity index (χ2n) is 14.3. The van der Waals surface area contributed by atoms with E-state index >= 15 is 0 Å². The van der Waals surface area contributed by atoms with Gasteiger partial charge in [-0.1, -0.05) is 206 Å². The van der Waals surface area contributed by atoms with Gasteiger partial charge in [0.1, 0.15) is 0 Å². The van der Waals surface area contributed by atoms with E-state index in [1.54, 1.807) is 0 Å². The maximum Gasteiger partial charge on any atom is 0.222 e. The summed E-state index contributed by atoms with van der Waals surface area (Å²) in [4.78, 5) is 12.4. The molecule has 0 spiro atoms. The lowest BCUT2D eigenvalue weighted by atomic mass is 10.0. The molecule has 0 radical (unpaired) electrons. The maximum absolute atomic E-state index is 12.4. The molecule has 0 heterocycles. The van der Waals surface area contributed by atoms with Gasteiger partial charge in [-0.2, -0.15) is 0 Å². The van der Waals surface area contributed by atoms with Crippen LogP contribution in [0.2, 0.25) is 0 Å². The number of amides is 1. The number of hydrogen-bond donors (Lipinski definition) is 4. The lowest BCUT2D eigenvalue weighted by Crippen LogP contribution is -2.46. The van der Waals surface area contributed by atoms with Gasteiger partial charge in [0.2, 0.25) is 5.91 Å². The minimum Gasteiger partial charge on any atom is -0.394 e. The summed E-state index contributed by atoms with van der Waals surface area (Å²) >= 11 is 0. The van der Waals surface area contributed by atoms with E-state index in [2.05, 4.69) is 19.2 Å². The number of carbonyl (C=O) groups is 1.